The largest absolute Gasteiger partial charge is 0.493 e. The van der Waals surface area contributed by atoms with Crippen LogP contribution in [0.2, 0.25) is 0 Å². The first-order chi connectivity index (χ1) is 9.65. The van der Waals surface area contributed by atoms with Gasteiger partial charge < -0.3 is 20.1 Å². The van der Waals surface area contributed by atoms with Gasteiger partial charge in [0, 0.05) is 24.5 Å². The van der Waals surface area contributed by atoms with E-state index in [0.29, 0.717) is 23.7 Å². The molecule has 6 nitrogen and oxygen atoms in total. The Labute approximate surface area is 118 Å². The third-order valence-corrected chi connectivity index (χ3v) is 2.46. The first kappa shape index (κ1) is 15.4. The number of carbonyl (C=O) groups is 1. The molecule has 0 heterocycles. The first-order valence-corrected chi connectivity index (χ1v) is 6.03. The zero-order chi connectivity index (χ0) is 15.0. The van der Waals surface area contributed by atoms with Crippen molar-refractivity contribution in [2.75, 3.05) is 26.1 Å². The summed E-state index contributed by atoms with van der Waals surface area (Å²) in [5.74, 6) is 0.578. The number of methoxy groups -OCH3 is 2. The van der Waals surface area contributed by atoms with E-state index in [0.717, 1.165) is 0 Å². The molecule has 2 N–H and O–H groups in total. The average molecular weight is 275 g/mol. The Morgan fingerprint density at radius 3 is 2.60 bits per heavy atom. The zero-order valence-corrected chi connectivity index (χ0v) is 11.7. The number of benzene rings is 1. The lowest BCUT2D eigenvalue weighted by atomic mass is 10.2. The van der Waals surface area contributed by atoms with Crippen molar-refractivity contribution in [3.05, 3.63) is 30.0 Å². The van der Waals surface area contributed by atoms with E-state index < -0.39 is 5.91 Å². The van der Waals surface area contributed by atoms with Gasteiger partial charge >= 0.3 is 0 Å². The topological polar surface area (TPSA) is 83.4 Å². The van der Waals surface area contributed by atoms with Gasteiger partial charge in [-0.3, -0.25) is 4.79 Å². The molecule has 0 aliphatic rings. The predicted molar refractivity (Wildman–Crippen MR) is 75.5 cm³/mol. The number of anilines is 1. The Balaban J connectivity index is 2.88. The number of ether oxygens (including phenoxy) is 2. The normalized spacial score (nSPS) is 10.4. The van der Waals surface area contributed by atoms with E-state index in [2.05, 4.69) is 10.6 Å². The molecule has 0 saturated heterocycles. The van der Waals surface area contributed by atoms with Crippen molar-refractivity contribution in [3.63, 3.8) is 0 Å². The van der Waals surface area contributed by atoms with Crippen LogP contribution in [-0.2, 0) is 4.79 Å². The van der Waals surface area contributed by atoms with Crippen molar-refractivity contribution in [2.24, 2.45) is 0 Å². The van der Waals surface area contributed by atoms with Crippen LogP contribution in [0.1, 0.15) is 6.92 Å². The Kier molecular flexibility index (Phi) is 5.91. The molecule has 0 atom stereocenters. The van der Waals surface area contributed by atoms with Crippen LogP contribution in [0.4, 0.5) is 5.69 Å². The van der Waals surface area contributed by atoms with Gasteiger partial charge in [-0.25, -0.2) is 0 Å². The highest BCUT2D eigenvalue weighted by Crippen LogP contribution is 2.29. The van der Waals surface area contributed by atoms with Crippen LogP contribution in [0.15, 0.2) is 30.0 Å². The zero-order valence-electron chi connectivity index (χ0n) is 11.7. The summed E-state index contributed by atoms with van der Waals surface area (Å²) >= 11 is 0. The number of nitrogens with one attached hydrogen (secondary N) is 2. The maximum Gasteiger partial charge on any atom is 0.267 e. The summed E-state index contributed by atoms with van der Waals surface area (Å²) in [7, 11) is 3.04. The second-order valence-electron chi connectivity index (χ2n) is 3.75. The van der Waals surface area contributed by atoms with Gasteiger partial charge in [0.25, 0.3) is 5.91 Å². The van der Waals surface area contributed by atoms with Crippen molar-refractivity contribution in [3.8, 4) is 17.6 Å². The molecule has 0 spiro atoms. The van der Waals surface area contributed by atoms with Gasteiger partial charge in [0.2, 0.25) is 0 Å². The number of amides is 1. The van der Waals surface area contributed by atoms with Gasteiger partial charge in [-0.1, -0.05) is 0 Å². The van der Waals surface area contributed by atoms with Gasteiger partial charge in [0.05, 0.1) is 14.2 Å². The summed E-state index contributed by atoms with van der Waals surface area (Å²) in [5, 5.41) is 14.4. The van der Waals surface area contributed by atoms with Crippen LogP contribution in [0.25, 0.3) is 0 Å². The monoisotopic (exact) mass is 275 g/mol. The van der Waals surface area contributed by atoms with Crippen LogP contribution in [0.5, 0.6) is 11.5 Å². The summed E-state index contributed by atoms with van der Waals surface area (Å²) in [4.78, 5) is 11.9. The summed E-state index contributed by atoms with van der Waals surface area (Å²) in [5.41, 5.74) is 0.520. The minimum absolute atomic E-state index is 0.00151. The number of hydrogen-bond acceptors (Lipinski definition) is 5. The number of nitriles is 1. The number of rotatable bonds is 6. The number of nitrogens with zero attached hydrogens (tertiary/aromatic N) is 1. The first-order valence-electron chi connectivity index (χ1n) is 6.03. The van der Waals surface area contributed by atoms with Crippen molar-refractivity contribution in [1.29, 1.82) is 5.26 Å². The van der Waals surface area contributed by atoms with Crippen molar-refractivity contribution < 1.29 is 14.3 Å². The molecule has 1 rings (SSSR count). The van der Waals surface area contributed by atoms with Crippen molar-refractivity contribution in [1.82, 2.24) is 5.32 Å². The maximum absolute atomic E-state index is 11.9. The van der Waals surface area contributed by atoms with Crippen LogP contribution in [-0.4, -0.2) is 26.7 Å². The van der Waals surface area contributed by atoms with E-state index in [4.69, 9.17) is 14.7 Å². The summed E-state index contributed by atoms with van der Waals surface area (Å²) in [6, 6.07) is 6.81. The van der Waals surface area contributed by atoms with E-state index in [-0.39, 0.29) is 5.57 Å². The van der Waals surface area contributed by atoms with E-state index in [1.165, 1.54) is 20.4 Å². The Hall–Kier alpha value is -2.68. The Morgan fingerprint density at radius 1 is 1.35 bits per heavy atom. The minimum Gasteiger partial charge on any atom is -0.493 e. The van der Waals surface area contributed by atoms with E-state index in [9.17, 15) is 4.79 Å². The predicted octanol–water partition coefficient (Wildman–Crippen LogP) is 1.66. The molecule has 0 bridgehead atoms. The SMILES string of the molecule is CCN/C=C(/C#N)C(=O)Nc1ccc(OC)c(OC)c1. The fraction of sp³-hybridized carbons (Fsp3) is 0.286. The van der Waals surface area contributed by atoms with Gasteiger partial charge in [-0.05, 0) is 19.1 Å². The molecule has 1 aromatic carbocycles. The molecule has 20 heavy (non-hydrogen) atoms. The lowest BCUT2D eigenvalue weighted by Crippen LogP contribution is -2.16. The van der Waals surface area contributed by atoms with E-state index in [1.54, 1.807) is 18.2 Å². The molecule has 0 fully saturated rings. The molecule has 0 aliphatic carbocycles. The molecule has 0 saturated carbocycles. The molecule has 0 unspecified atom stereocenters. The quantitative estimate of drug-likeness (QED) is 0.609. The molecular weight excluding hydrogens is 258 g/mol. The van der Waals surface area contributed by atoms with Crippen molar-refractivity contribution in [2.45, 2.75) is 6.92 Å². The van der Waals surface area contributed by atoms with Gasteiger partial charge in [-0.2, -0.15) is 5.26 Å². The van der Waals surface area contributed by atoms with E-state index in [1.807, 2.05) is 13.0 Å². The molecule has 0 aromatic heterocycles. The molecular formula is C14H17N3O3. The molecule has 1 amide bonds. The summed E-state index contributed by atoms with van der Waals surface area (Å²) in [6.07, 6.45) is 1.39. The third kappa shape index (κ3) is 3.92. The van der Waals surface area contributed by atoms with Crippen LogP contribution < -0.4 is 20.1 Å². The molecule has 1 aromatic rings. The second kappa shape index (κ2) is 7.69. The fourth-order valence-corrected chi connectivity index (χ4v) is 1.47. The molecule has 6 heteroatoms. The smallest absolute Gasteiger partial charge is 0.267 e. The number of hydrogen-bond donors (Lipinski definition) is 2. The van der Waals surface area contributed by atoms with Gasteiger partial charge in [-0.15, -0.1) is 0 Å². The number of carbonyl (C=O) groups excluding carboxylic acids is 1. The summed E-state index contributed by atoms with van der Waals surface area (Å²) < 4.78 is 10.2. The van der Waals surface area contributed by atoms with Crippen LogP contribution in [0, 0.1) is 11.3 Å². The standard InChI is InChI=1S/C14H17N3O3/c1-4-16-9-10(8-15)14(18)17-11-5-6-12(19-2)13(7-11)20-3/h5-7,9,16H,4H2,1-3H3,(H,17,18)/b10-9-. The van der Waals surface area contributed by atoms with Gasteiger partial charge in [0.1, 0.15) is 11.6 Å². The highest BCUT2D eigenvalue weighted by Gasteiger charge is 2.11. The fourth-order valence-electron chi connectivity index (χ4n) is 1.47. The maximum atomic E-state index is 11.9. The highest BCUT2D eigenvalue weighted by molar-refractivity contribution is 6.06. The molecule has 0 radical (unpaired) electrons. The lowest BCUT2D eigenvalue weighted by molar-refractivity contribution is -0.112. The van der Waals surface area contributed by atoms with Crippen molar-refractivity contribution >= 4 is 11.6 Å². The highest BCUT2D eigenvalue weighted by atomic mass is 16.5. The minimum atomic E-state index is -0.485. The van der Waals surface area contributed by atoms with E-state index >= 15 is 0 Å². The summed E-state index contributed by atoms with van der Waals surface area (Å²) in [6.45, 7) is 2.51. The molecule has 106 valence electrons. The third-order valence-electron chi connectivity index (χ3n) is 2.46. The van der Waals surface area contributed by atoms with Crippen LogP contribution in [0.3, 0.4) is 0 Å². The lowest BCUT2D eigenvalue weighted by Gasteiger charge is -2.10. The Bertz CT molecular complexity index is 547. The average Bonchev–Trinajstić information content (AvgIpc) is 2.47. The second-order valence-corrected chi connectivity index (χ2v) is 3.75. The van der Waals surface area contributed by atoms with Gasteiger partial charge in [0.15, 0.2) is 11.5 Å². The molecule has 0 aliphatic heterocycles. The van der Waals surface area contributed by atoms with Crippen LogP contribution >= 0.6 is 0 Å². The Morgan fingerprint density at radius 2 is 2.05 bits per heavy atom.